The molecule has 0 atom stereocenters. The number of nitrogens with one attached hydrogen (secondary N) is 1. The van der Waals surface area contributed by atoms with E-state index in [9.17, 15) is 26.3 Å². The molecule has 0 bridgehead atoms. The van der Waals surface area contributed by atoms with Crippen molar-refractivity contribution in [3.63, 3.8) is 0 Å². The Hall–Kier alpha value is -1.28. The highest BCUT2D eigenvalue weighted by molar-refractivity contribution is 5.14. The lowest BCUT2D eigenvalue weighted by molar-refractivity contribution is -0.321. The molecule has 1 aromatic carbocycles. The van der Waals surface area contributed by atoms with Crippen LogP contribution in [0, 0.1) is 0 Å². The zero-order valence-corrected chi connectivity index (χ0v) is 10.3. The van der Waals surface area contributed by atoms with E-state index in [0.29, 0.717) is 6.54 Å². The van der Waals surface area contributed by atoms with Gasteiger partial charge in [-0.1, -0.05) is 30.3 Å². The van der Waals surface area contributed by atoms with Gasteiger partial charge in [-0.25, -0.2) is 0 Å². The molecule has 1 N–H and O–H groups in total. The summed E-state index contributed by atoms with van der Waals surface area (Å²) in [6, 6.07) is 8.90. The summed E-state index contributed by atoms with van der Waals surface area (Å²) in [4.78, 5) is 0. The number of hydrogen-bond donors (Lipinski definition) is 1. The zero-order valence-electron chi connectivity index (χ0n) is 10.3. The fraction of sp³-hybridized carbons (Fsp3) is 0.500. The molecule has 0 fully saturated rings. The van der Waals surface area contributed by atoms with Gasteiger partial charge in [-0.15, -0.1) is 0 Å². The molecule has 8 heteroatoms. The maximum absolute atomic E-state index is 12.1. The Labute approximate surface area is 111 Å². The molecule has 1 rings (SSSR count). The molecule has 0 radical (unpaired) electrons. The molecule has 0 unspecified atom stereocenters. The molecule has 114 valence electrons. The number of alkyl halides is 6. The SMILES string of the molecule is FC(F)(F)C(OCCNCc1ccccc1)C(F)(F)F. The van der Waals surface area contributed by atoms with Crippen LogP contribution < -0.4 is 5.32 Å². The van der Waals surface area contributed by atoms with Crippen LogP contribution in [0.4, 0.5) is 26.3 Å². The molecule has 0 saturated carbocycles. The van der Waals surface area contributed by atoms with Crippen LogP contribution >= 0.6 is 0 Å². The van der Waals surface area contributed by atoms with E-state index in [0.717, 1.165) is 5.56 Å². The summed E-state index contributed by atoms with van der Waals surface area (Å²) in [7, 11) is 0. The normalized spacial score (nSPS) is 12.9. The van der Waals surface area contributed by atoms with E-state index in [2.05, 4.69) is 10.1 Å². The number of benzene rings is 1. The summed E-state index contributed by atoms with van der Waals surface area (Å²) in [5.74, 6) is 0. The Morgan fingerprint density at radius 1 is 0.950 bits per heavy atom. The van der Waals surface area contributed by atoms with Crippen molar-refractivity contribution in [2.24, 2.45) is 0 Å². The van der Waals surface area contributed by atoms with E-state index in [4.69, 9.17) is 0 Å². The minimum atomic E-state index is -5.46. The highest BCUT2D eigenvalue weighted by Crippen LogP contribution is 2.35. The summed E-state index contributed by atoms with van der Waals surface area (Å²) in [6.07, 6.45) is -14.7. The third-order valence-corrected chi connectivity index (χ3v) is 2.33. The van der Waals surface area contributed by atoms with Crippen molar-refractivity contribution in [1.82, 2.24) is 5.32 Å². The van der Waals surface area contributed by atoms with Crippen molar-refractivity contribution in [2.75, 3.05) is 13.2 Å². The predicted octanol–water partition coefficient (Wildman–Crippen LogP) is 3.29. The summed E-state index contributed by atoms with van der Waals surface area (Å²) in [5.41, 5.74) is 0.871. The second-order valence-electron chi connectivity index (χ2n) is 4.00. The van der Waals surface area contributed by atoms with Crippen LogP contribution in [0.1, 0.15) is 5.56 Å². The third-order valence-electron chi connectivity index (χ3n) is 2.33. The Morgan fingerprint density at radius 3 is 2.00 bits per heavy atom. The number of hydrogen-bond acceptors (Lipinski definition) is 2. The standard InChI is InChI=1S/C12H13F6NO/c13-11(14,15)10(12(16,17)18)20-7-6-19-8-9-4-2-1-3-5-9/h1-5,10,19H,6-8H2. The van der Waals surface area contributed by atoms with Crippen LogP contribution in [-0.2, 0) is 11.3 Å². The van der Waals surface area contributed by atoms with E-state index < -0.39 is 25.1 Å². The van der Waals surface area contributed by atoms with Crippen LogP contribution in [0.25, 0.3) is 0 Å². The molecule has 1 aromatic rings. The van der Waals surface area contributed by atoms with Crippen molar-refractivity contribution in [2.45, 2.75) is 25.0 Å². The fourth-order valence-corrected chi connectivity index (χ4v) is 1.45. The average molecular weight is 301 g/mol. The first-order chi connectivity index (χ1) is 9.21. The Bertz CT molecular complexity index is 375. The van der Waals surface area contributed by atoms with Gasteiger partial charge in [-0.05, 0) is 5.56 Å². The molecule has 0 aliphatic rings. The van der Waals surface area contributed by atoms with Gasteiger partial charge in [0, 0.05) is 13.1 Å². The first-order valence-electron chi connectivity index (χ1n) is 5.71. The maximum atomic E-state index is 12.1. The van der Waals surface area contributed by atoms with Crippen LogP contribution in [0.5, 0.6) is 0 Å². The van der Waals surface area contributed by atoms with Crippen LogP contribution in [-0.4, -0.2) is 31.6 Å². The lowest BCUT2D eigenvalue weighted by Gasteiger charge is -2.23. The molecular formula is C12H13F6NO. The Morgan fingerprint density at radius 2 is 1.50 bits per heavy atom. The minimum Gasteiger partial charge on any atom is -0.360 e. The summed E-state index contributed by atoms with van der Waals surface area (Å²) >= 11 is 0. The Balaban J connectivity index is 2.32. The van der Waals surface area contributed by atoms with Crippen molar-refractivity contribution >= 4 is 0 Å². The topological polar surface area (TPSA) is 21.3 Å². The largest absolute Gasteiger partial charge is 0.423 e. The van der Waals surface area contributed by atoms with Gasteiger partial charge in [0.1, 0.15) is 0 Å². The van der Waals surface area contributed by atoms with Gasteiger partial charge in [0.2, 0.25) is 6.10 Å². The molecule has 2 nitrogen and oxygen atoms in total. The van der Waals surface area contributed by atoms with Gasteiger partial charge < -0.3 is 10.1 Å². The van der Waals surface area contributed by atoms with Crippen LogP contribution in [0.2, 0.25) is 0 Å². The second-order valence-corrected chi connectivity index (χ2v) is 4.00. The molecule has 0 heterocycles. The van der Waals surface area contributed by atoms with Gasteiger partial charge in [0.15, 0.2) is 0 Å². The molecule has 0 aromatic heterocycles. The summed E-state index contributed by atoms with van der Waals surface area (Å²) < 4.78 is 76.6. The van der Waals surface area contributed by atoms with Gasteiger partial charge in [-0.3, -0.25) is 0 Å². The highest BCUT2D eigenvalue weighted by Gasteiger charge is 2.57. The van der Waals surface area contributed by atoms with Crippen LogP contribution in [0.3, 0.4) is 0 Å². The highest BCUT2D eigenvalue weighted by atomic mass is 19.4. The minimum absolute atomic E-state index is 0.114. The number of halogens is 6. The number of ether oxygens (including phenoxy) is 1. The molecular weight excluding hydrogens is 288 g/mol. The van der Waals surface area contributed by atoms with Gasteiger partial charge >= 0.3 is 12.4 Å². The summed E-state index contributed by atoms with van der Waals surface area (Å²) in [6.45, 7) is -0.457. The van der Waals surface area contributed by atoms with Gasteiger partial charge in [-0.2, -0.15) is 26.3 Å². The molecule has 0 aliphatic carbocycles. The van der Waals surface area contributed by atoms with Gasteiger partial charge in [0.05, 0.1) is 6.61 Å². The van der Waals surface area contributed by atoms with Crippen molar-refractivity contribution in [1.29, 1.82) is 0 Å². The smallest absolute Gasteiger partial charge is 0.360 e. The van der Waals surface area contributed by atoms with E-state index in [1.54, 1.807) is 30.3 Å². The third kappa shape index (κ3) is 5.79. The monoisotopic (exact) mass is 301 g/mol. The van der Waals surface area contributed by atoms with E-state index >= 15 is 0 Å². The van der Waals surface area contributed by atoms with Gasteiger partial charge in [0.25, 0.3) is 0 Å². The lowest BCUT2D eigenvalue weighted by Crippen LogP contribution is -2.45. The van der Waals surface area contributed by atoms with Crippen molar-refractivity contribution in [3.8, 4) is 0 Å². The molecule has 0 saturated heterocycles. The number of rotatable bonds is 6. The van der Waals surface area contributed by atoms with E-state index in [-0.39, 0.29) is 6.54 Å². The Kier molecular flexibility index (Phi) is 5.82. The maximum Gasteiger partial charge on any atom is 0.423 e. The predicted molar refractivity (Wildman–Crippen MR) is 60.0 cm³/mol. The van der Waals surface area contributed by atoms with Crippen LogP contribution in [0.15, 0.2) is 30.3 Å². The quantitative estimate of drug-likeness (QED) is 0.643. The first-order valence-corrected chi connectivity index (χ1v) is 5.71. The molecule has 0 amide bonds. The first kappa shape index (κ1) is 16.8. The molecule has 0 spiro atoms. The van der Waals surface area contributed by atoms with Crippen molar-refractivity contribution < 1.29 is 31.1 Å². The average Bonchev–Trinajstić information content (AvgIpc) is 2.31. The zero-order chi connectivity index (χ0) is 15.2. The fourth-order valence-electron chi connectivity index (χ4n) is 1.45. The molecule has 0 aliphatic heterocycles. The van der Waals surface area contributed by atoms with Crippen molar-refractivity contribution in [3.05, 3.63) is 35.9 Å². The molecule has 20 heavy (non-hydrogen) atoms. The van der Waals surface area contributed by atoms with E-state index in [1.807, 2.05) is 0 Å². The lowest BCUT2D eigenvalue weighted by atomic mass is 10.2. The summed E-state index contributed by atoms with van der Waals surface area (Å²) in [5, 5.41) is 2.70. The second kappa shape index (κ2) is 6.94. The van der Waals surface area contributed by atoms with E-state index in [1.165, 1.54) is 0 Å².